The molecule has 0 fully saturated rings. The molecule has 0 aliphatic rings. The molecule has 0 saturated carbocycles. The van der Waals surface area contributed by atoms with Gasteiger partial charge in [-0.1, -0.05) is 12.1 Å². The molecule has 0 bridgehead atoms. The molecule has 0 heterocycles. The van der Waals surface area contributed by atoms with Crippen LogP contribution in [0.15, 0.2) is 33.6 Å². The molecule has 0 aliphatic carbocycles. The Morgan fingerprint density at radius 2 is 2.14 bits per heavy atom. The Morgan fingerprint density at radius 3 is 2.71 bits per heavy atom. The largest absolute Gasteiger partial charge is 0.468 e. The van der Waals surface area contributed by atoms with Crippen molar-refractivity contribution < 1.29 is 13.7 Å². The summed E-state index contributed by atoms with van der Waals surface area (Å²) in [6.45, 7) is 0. The van der Waals surface area contributed by atoms with E-state index in [1.807, 2.05) is 6.07 Å². The highest BCUT2D eigenvalue weighted by molar-refractivity contribution is 9.10. The molecule has 1 aromatic rings. The summed E-state index contributed by atoms with van der Waals surface area (Å²) in [6.07, 6.45) is 0. The van der Waals surface area contributed by atoms with Crippen LogP contribution in [0.3, 0.4) is 0 Å². The average Bonchev–Trinajstić information content (AvgIpc) is 2.18. The number of hydrogen-bond acceptors (Lipinski definition) is 3. The Labute approximate surface area is 93.0 Å². The first kappa shape index (κ1) is 11.4. The molecule has 76 valence electrons. The average molecular weight is 277 g/mol. The number of rotatable bonds is 3. The van der Waals surface area contributed by atoms with Crippen LogP contribution < -0.4 is 0 Å². The van der Waals surface area contributed by atoms with Gasteiger partial charge < -0.3 is 4.74 Å². The van der Waals surface area contributed by atoms with Crippen molar-refractivity contribution in [3.05, 3.63) is 28.7 Å². The summed E-state index contributed by atoms with van der Waals surface area (Å²) in [6, 6.07) is 7.09. The molecule has 1 unspecified atom stereocenters. The van der Waals surface area contributed by atoms with Crippen molar-refractivity contribution in [3.8, 4) is 0 Å². The van der Waals surface area contributed by atoms with E-state index in [1.54, 1.807) is 18.2 Å². The summed E-state index contributed by atoms with van der Waals surface area (Å²) in [5.74, 6) is -0.585. The number of benzene rings is 1. The van der Waals surface area contributed by atoms with Crippen molar-refractivity contribution in [2.24, 2.45) is 0 Å². The maximum atomic E-state index is 11.6. The third kappa shape index (κ3) is 2.92. The molecule has 3 nitrogen and oxygen atoms in total. The van der Waals surface area contributed by atoms with Crippen molar-refractivity contribution in [2.45, 2.75) is 4.90 Å². The van der Waals surface area contributed by atoms with Gasteiger partial charge in [-0.25, -0.2) is 0 Å². The van der Waals surface area contributed by atoms with E-state index in [0.29, 0.717) is 4.90 Å². The van der Waals surface area contributed by atoms with E-state index >= 15 is 0 Å². The van der Waals surface area contributed by atoms with E-state index in [2.05, 4.69) is 20.7 Å². The summed E-state index contributed by atoms with van der Waals surface area (Å²) < 4.78 is 16.8. The van der Waals surface area contributed by atoms with Crippen LogP contribution >= 0.6 is 15.9 Å². The van der Waals surface area contributed by atoms with Crippen LogP contribution in [0.25, 0.3) is 0 Å². The Morgan fingerprint density at radius 1 is 1.50 bits per heavy atom. The van der Waals surface area contributed by atoms with Gasteiger partial charge in [0.2, 0.25) is 0 Å². The molecule has 5 heteroatoms. The number of carbonyl (C=O) groups is 1. The predicted molar refractivity (Wildman–Crippen MR) is 57.4 cm³/mol. The standard InChI is InChI=1S/C9H9BrO3S/c1-13-9(11)6-14(12)8-5-3-2-4-7(8)10/h2-5H,6H2,1H3. The van der Waals surface area contributed by atoms with Crippen molar-refractivity contribution in [2.75, 3.05) is 12.9 Å². The highest BCUT2D eigenvalue weighted by atomic mass is 79.9. The lowest BCUT2D eigenvalue weighted by Gasteiger charge is -2.02. The first-order valence-electron chi connectivity index (χ1n) is 3.85. The van der Waals surface area contributed by atoms with Gasteiger partial charge in [-0.05, 0) is 28.1 Å². The van der Waals surface area contributed by atoms with Crippen LogP contribution in [-0.4, -0.2) is 23.0 Å². The normalized spacial score (nSPS) is 12.1. The molecule has 0 N–H and O–H groups in total. The van der Waals surface area contributed by atoms with E-state index in [0.717, 1.165) is 4.47 Å². The molecule has 0 amide bonds. The highest BCUT2D eigenvalue weighted by Crippen LogP contribution is 2.19. The van der Waals surface area contributed by atoms with Gasteiger partial charge in [-0.15, -0.1) is 0 Å². The van der Waals surface area contributed by atoms with E-state index < -0.39 is 16.8 Å². The fourth-order valence-corrected chi connectivity index (χ4v) is 2.70. The Bertz CT molecular complexity index is 365. The molecule has 1 aromatic carbocycles. The molecule has 1 atom stereocenters. The van der Waals surface area contributed by atoms with Crippen molar-refractivity contribution in [1.82, 2.24) is 0 Å². The minimum atomic E-state index is -1.35. The lowest BCUT2D eigenvalue weighted by atomic mass is 10.4. The molecule has 0 radical (unpaired) electrons. The number of ether oxygens (including phenoxy) is 1. The summed E-state index contributed by atoms with van der Waals surface area (Å²) in [5, 5.41) is 0. The summed E-state index contributed by atoms with van der Waals surface area (Å²) in [5.41, 5.74) is 0. The van der Waals surface area contributed by atoms with Crippen LogP contribution in [-0.2, 0) is 20.3 Å². The molecule has 0 aliphatic heterocycles. The number of esters is 1. The molecular formula is C9H9BrO3S. The van der Waals surface area contributed by atoms with Gasteiger partial charge >= 0.3 is 5.97 Å². The van der Waals surface area contributed by atoms with Gasteiger partial charge in [0.1, 0.15) is 5.75 Å². The first-order valence-corrected chi connectivity index (χ1v) is 5.96. The minimum absolute atomic E-state index is 0.112. The predicted octanol–water partition coefficient (Wildman–Crippen LogP) is 1.73. The highest BCUT2D eigenvalue weighted by Gasteiger charge is 2.12. The molecule has 0 saturated heterocycles. The van der Waals surface area contributed by atoms with E-state index in [9.17, 15) is 9.00 Å². The van der Waals surface area contributed by atoms with Crippen LogP contribution in [0.2, 0.25) is 0 Å². The second-order valence-electron chi connectivity index (χ2n) is 2.50. The molecular weight excluding hydrogens is 268 g/mol. The lowest BCUT2D eigenvalue weighted by Crippen LogP contribution is -2.12. The fraction of sp³-hybridized carbons (Fsp3) is 0.222. The van der Waals surface area contributed by atoms with Crippen LogP contribution in [0.1, 0.15) is 0 Å². The first-order chi connectivity index (χ1) is 6.65. The van der Waals surface area contributed by atoms with Crippen LogP contribution in [0.5, 0.6) is 0 Å². The SMILES string of the molecule is COC(=O)CS(=O)c1ccccc1Br. The van der Waals surface area contributed by atoms with Gasteiger partial charge in [0.05, 0.1) is 22.8 Å². The quantitative estimate of drug-likeness (QED) is 0.790. The number of methoxy groups -OCH3 is 1. The second-order valence-corrected chi connectivity index (χ2v) is 4.77. The number of halogens is 1. The third-order valence-electron chi connectivity index (χ3n) is 1.56. The smallest absolute Gasteiger partial charge is 0.318 e. The van der Waals surface area contributed by atoms with E-state index in [4.69, 9.17) is 0 Å². The summed E-state index contributed by atoms with van der Waals surface area (Å²) >= 11 is 3.26. The second kappa shape index (κ2) is 5.26. The van der Waals surface area contributed by atoms with Crippen molar-refractivity contribution >= 4 is 32.7 Å². The number of carbonyl (C=O) groups excluding carboxylic acids is 1. The molecule has 14 heavy (non-hydrogen) atoms. The Kier molecular flexibility index (Phi) is 4.28. The monoisotopic (exact) mass is 276 g/mol. The van der Waals surface area contributed by atoms with Gasteiger partial charge in [0, 0.05) is 4.47 Å². The minimum Gasteiger partial charge on any atom is -0.468 e. The van der Waals surface area contributed by atoms with Gasteiger partial charge in [0.25, 0.3) is 0 Å². The summed E-state index contributed by atoms with van der Waals surface area (Å²) in [4.78, 5) is 11.5. The summed E-state index contributed by atoms with van der Waals surface area (Å²) in [7, 11) is -0.0690. The van der Waals surface area contributed by atoms with Crippen molar-refractivity contribution in [1.29, 1.82) is 0 Å². The maximum Gasteiger partial charge on any atom is 0.318 e. The maximum absolute atomic E-state index is 11.6. The van der Waals surface area contributed by atoms with Gasteiger partial charge in [-0.3, -0.25) is 9.00 Å². The van der Waals surface area contributed by atoms with Gasteiger partial charge in [-0.2, -0.15) is 0 Å². The van der Waals surface area contributed by atoms with Crippen LogP contribution in [0, 0.1) is 0 Å². The zero-order valence-corrected chi connectivity index (χ0v) is 9.93. The Balaban J connectivity index is 2.80. The fourth-order valence-electron chi connectivity index (χ4n) is 0.873. The third-order valence-corrected chi connectivity index (χ3v) is 3.86. The van der Waals surface area contributed by atoms with Crippen LogP contribution in [0.4, 0.5) is 0 Å². The molecule has 0 spiro atoms. The topological polar surface area (TPSA) is 43.4 Å². The van der Waals surface area contributed by atoms with E-state index in [-0.39, 0.29) is 5.75 Å². The van der Waals surface area contributed by atoms with E-state index in [1.165, 1.54) is 7.11 Å². The molecule has 1 rings (SSSR count). The zero-order chi connectivity index (χ0) is 10.6. The number of hydrogen-bond donors (Lipinski definition) is 0. The molecule has 0 aromatic heterocycles. The van der Waals surface area contributed by atoms with Gasteiger partial charge in [0.15, 0.2) is 0 Å². The van der Waals surface area contributed by atoms with Crippen molar-refractivity contribution in [3.63, 3.8) is 0 Å². The lowest BCUT2D eigenvalue weighted by molar-refractivity contribution is -0.137. The Hall–Kier alpha value is -0.680. The zero-order valence-electron chi connectivity index (χ0n) is 7.53.